The molecule has 0 aromatic heterocycles. The molecule has 1 aromatic carbocycles. The highest BCUT2D eigenvalue weighted by molar-refractivity contribution is 6.31. The molecule has 0 amide bonds. The predicted octanol–water partition coefficient (Wildman–Crippen LogP) is 1.68. The van der Waals surface area contributed by atoms with E-state index in [-0.39, 0.29) is 6.10 Å². The molecule has 1 fully saturated rings. The Kier molecular flexibility index (Phi) is 6.26. The average molecular weight is 299 g/mol. The van der Waals surface area contributed by atoms with Gasteiger partial charge in [-0.3, -0.25) is 4.90 Å². The second-order valence-electron chi connectivity index (χ2n) is 5.08. The summed E-state index contributed by atoms with van der Waals surface area (Å²) < 4.78 is 5.71. The third kappa shape index (κ3) is 4.43. The first-order valence-corrected chi connectivity index (χ1v) is 7.55. The lowest BCUT2D eigenvalue weighted by atomic mass is 10.1. The van der Waals surface area contributed by atoms with Crippen LogP contribution in [0.4, 0.5) is 0 Å². The molecule has 112 valence electrons. The van der Waals surface area contributed by atoms with Crippen molar-refractivity contribution in [2.75, 3.05) is 39.3 Å². The first-order valence-electron chi connectivity index (χ1n) is 7.18. The van der Waals surface area contributed by atoms with Crippen LogP contribution in [0.2, 0.25) is 5.02 Å². The summed E-state index contributed by atoms with van der Waals surface area (Å²) in [6.07, 6.45) is -0.392. The molecule has 4 nitrogen and oxygen atoms in total. The number of aliphatic hydroxyl groups is 1. The van der Waals surface area contributed by atoms with E-state index >= 15 is 0 Å². The third-order valence-corrected chi connectivity index (χ3v) is 3.99. The molecule has 2 unspecified atom stereocenters. The molecule has 1 aliphatic heterocycles. The number of likely N-dealkylation sites (N-methyl/N-ethyl adjacent to an activating group) is 1. The molecule has 0 aliphatic carbocycles. The van der Waals surface area contributed by atoms with E-state index < -0.39 is 6.10 Å². The van der Waals surface area contributed by atoms with Gasteiger partial charge in [-0.2, -0.15) is 0 Å². The van der Waals surface area contributed by atoms with Crippen molar-refractivity contribution < 1.29 is 9.84 Å². The lowest BCUT2D eigenvalue weighted by molar-refractivity contribution is -0.0262. The minimum absolute atomic E-state index is 0.196. The molecule has 0 saturated carbocycles. The van der Waals surface area contributed by atoms with Crippen molar-refractivity contribution >= 4 is 11.6 Å². The number of halogens is 1. The Hall–Kier alpha value is -0.650. The summed E-state index contributed by atoms with van der Waals surface area (Å²) in [7, 11) is 0. The second kappa shape index (κ2) is 7.96. The van der Waals surface area contributed by atoms with Crippen molar-refractivity contribution in [1.82, 2.24) is 10.2 Å². The first-order chi connectivity index (χ1) is 9.70. The summed E-state index contributed by atoms with van der Waals surface area (Å²) in [6, 6.07) is 7.39. The van der Waals surface area contributed by atoms with Gasteiger partial charge in [0.2, 0.25) is 0 Å². The van der Waals surface area contributed by atoms with E-state index in [2.05, 4.69) is 17.1 Å². The fourth-order valence-electron chi connectivity index (χ4n) is 2.43. The molecule has 20 heavy (non-hydrogen) atoms. The number of rotatable bonds is 6. The minimum atomic E-state index is -0.588. The van der Waals surface area contributed by atoms with E-state index in [0.29, 0.717) is 11.6 Å². The molecule has 5 heteroatoms. The summed E-state index contributed by atoms with van der Waals surface area (Å²) in [5.41, 5.74) is 0.765. The number of morpholine rings is 1. The number of aliphatic hydroxyl groups excluding tert-OH is 1. The summed E-state index contributed by atoms with van der Waals surface area (Å²) in [5.74, 6) is 0. The largest absolute Gasteiger partial charge is 0.387 e. The van der Waals surface area contributed by atoms with Gasteiger partial charge in [-0.25, -0.2) is 0 Å². The van der Waals surface area contributed by atoms with Crippen LogP contribution in [0.25, 0.3) is 0 Å². The Morgan fingerprint density at radius 1 is 1.50 bits per heavy atom. The standard InChI is InChI=1S/C15H23ClN2O2/c1-2-18-7-8-20-12(11-18)9-17-10-15(19)13-5-3-4-6-14(13)16/h3-6,12,15,17,19H,2,7-11H2,1H3. The monoisotopic (exact) mass is 298 g/mol. The predicted molar refractivity (Wildman–Crippen MR) is 81.1 cm³/mol. The van der Waals surface area contributed by atoms with Crippen molar-refractivity contribution in [3.05, 3.63) is 34.9 Å². The van der Waals surface area contributed by atoms with Crippen molar-refractivity contribution in [3.63, 3.8) is 0 Å². The molecule has 0 spiro atoms. The maximum Gasteiger partial charge on any atom is 0.0928 e. The number of ether oxygens (including phenoxy) is 1. The van der Waals surface area contributed by atoms with Crippen molar-refractivity contribution in [2.24, 2.45) is 0 Å². The molecule has 0 radical (unpaired) electrons. The molecule has 1 heterocycles. The fraction of sp³-hybridized carbons (Fsp3) is 0.600. The quantitative estimate of drug-likeness (QED) is 0.839. The molecular weight excluding hydrogens is 276 g/mol. The molecule has 2 rings (SSSR count). The van der Waals surface area contributed by atoms with Crippen LogP contribution >= 0.6 is 11.6 Å². The Labute approximate surface area is 125 Å². The van der Waals surface area contributed by atoms with Gasteiger partial charge in [0.15, 0.2) is 0 Å². The number of benzene rings is 1. The number of hydrogen-bond donors (Lipinski definition) is 2. The SMILES string of the molecule is CCN1CCOC(CNCC(O)c2ccccc2Cl)C1. The first kappa shape index (κ1) is 15.7. The Morgan fingerprint density at radius 3 is 3.05 bits per heavy atom. The van der Waals surface area contributed by atoms with E-state index in [4.69, 9.17) is 16.3 Å². The zero-order valence-electron chi connectivity index (χ0n) is 11.9. The highest BCUT2D eigenvalue weighted by atomic mass is 35.5. The van der Waals surface area contributed by atoms with E-state index in [1.807, 2.05) is 18.2 Å². The molecule has 1 aromatic rings. The number of hydrogen-bond acceptors (Lipinski definition) is 4. The summed E-state index contributed by atoms with van der Waals surface area (Å²) in [4.78, 5) is 2.38. The van der Waals surface area contributed by atoms with Gasteiger partial charge in [0.1, 0.15) is 0 Å². The van der Waals surface area contributed by atoms with Crippen molar-refractivity contribution in [3.8, 4) is 0 Å². The Balaban J connectivity index is 1.74. The van der Waals surface area contributed by atoms with Gasteiger partial charge in [-0.1, -0.05) is 36.7 Å². The highest BCUT2D eigenvalue weighted by Crippen LogP contribution is 2.21. The van der Waals surface area contributed by atoms with Crippen LogP contribution < -0.4 is 5.32 Å². The van der Waals surface area contributed by atoms with Gasteiger partial charge in [0.05, 0.1) is 18.8 Å². The minimum Gasteiger partial charge on any atom is -0.387 e. The summed E-state index contributed by atoms with van der Waals surface area (Å²) >= 11 is 6.07. The maximum absolute atomic E-state index is 10.1. The molecular formula is C15H23ClN2O2. The van der Waals surface area contributed by atoms with E-state index in [1.165, 1.54) is 0 Å². The number of nitrogens with one attached hydrogen (secondary N) is 1. The zero-order chi connectivity index (χ0) is 14.4. The van der Waals surface area contributed by atoms with Gasteiger partial charge < -0.3 is 15.2 Å². The van der Waals surface area contributed by atoms with Crippen molar-refractivity contribution in [2.45, 2.75) is 19.1 Å². The molecule has 2 atom stereocenters. The molecule has 0 bridgehead atoms. The van der Waals surface area contributed by atoms with Gasteiger partial charge in [0, 0.05) is 36.8 Å². The Bertz CT molecular complexity index is 417. The van der Waals surface area contributed by atoms with Crippen LogP contribution in [-0.4, -0.2) is 55.4 Å². The van der Waals surface area contributed by atoms with Gasteiger partial charge >= 0.3 is 0 Å². The van der Waals surface area contributed by atoms with Gasteiger partial charge in [-0.15, -0.1) is 0 Å². The second-order valence-corrected chi connectivity index (χ2v) is 5.49. The van der Waals surface area contributed by atoms with E-state index in [1.54, 1.807) is 6.07 Å². The van der Waals surface area contributed by atoms with Gasteiger partial charge in [-0.05, 0) is 12.6 Å². The lowest BCUT2D eigenvalue weighted by Crippen LogP contribution is -2.46. The Morgan fingerprint density at radius 2 is 2.30 bits per heavy atom. The normalized spacial score (nSPS) is 21.9. The van der Waals surface area contributed by atoms with Crippen LogP contribution in [0.1, 0.15) is 18.6 Å². The zero-order valence-corrected chi connectivity index (χ0v) is 12.6. The van der Waals surface area contributed by atoms with E-state index in [9.17, 15) is 5.11 Å². The lowest BCUT2D eigenvalue weighted by Gasteiger charge is -2.32. The highest BCUT2D eigenvalue weighted by Gasteiger charge is 2.19. The molecule has 1 aliphatic rings. The van der Waals surface area contributed by atoms with Crippen LogP contribution in [0, 0.1) is 0 Å². The topological polar surface area (TPSA) is 44.7 Å². The van der Waals surface area contributed by atoms with Crippen LogP contribution in [-0.2, 0) is 4.74 Å². The maximum atomic E-state index is 10.1. The van der Waals surface area contributed by atoms with Gasteiger partial charge in [0.25, 0.3) is 0 Å². The number of nitrogens with zero attached hydrogens (tertiary/aromatic N) is 1. The van der Waals surface area contributed by atoms with Crippen LogP contribution in [0.5, 0.6) is 0 Å². The summed E-state index contributed by atoms with van der Waals surface area (Å²) in [5, 5.41) is 14.0. The van der Waals surface area contributed by atoms with Crippen molar-refractivity contribution in [1.29, 1.82) is 0 Å². The smallest absolute Gasteiger partial charge is 0.0928 e. The fourth-order valence-corrected chi connectivity index (χ4v) is 2.69. The average Bonchev–Trinajstić information content (AvgIpc) is 2.48. The third-order valence-electron chi connectivity index (χ3n) is 3.64. The molecule has 2 N–H and O–H groups in total. The van der Waals surface area contributed by atoms with Crippen LogP contribution in [0.15, 0.2) is 24.3 Å². The van der Waals surface area contributed by atoms with Crippen LogP contribution in [0.3, 0.4) is 0 Å². The summed E-state index contributed by atoms with van der Waals surface area (Å²) in [6.45, 7) is 7.20. The molecule has 1 saturated heterocycles. The van der Waals surface area contributed by atoms with E-state index in [0.717, 1.165) is 38.3 Å².